The first-order chi connectivity index (χ1) is 12.9. The SMILES string of the molecule is O=c1c2nnn(-c3ccc(F)cc3F)c2ncn1Cc1ccc(Cl)cc1Cl. The molecule has 0 bridgehead atoms. The molecule has 0 spiro atoms. The summed E-state index contributed by atoms with van der Waals surface area (Å²) < 4.78 is 29.5. The average Bonchev–Trinajstić information content (AvgIpc) is 3.04. The Balaban J connectivity index is 1.79. The molecule has 2 aromatic heterocycles. The van der Waals surface area contributed by atoms with E-state index in [1.807, 2.05) is 0 Å². The first-order valence-electron chi connectivity index (χ1n) is 7.64. The number of nitrogens with zero attached hydrogens (tertiary/aromatic N) is 5. The monoisotopic (exact) mass is 407 g/mol. The molecule has 0 saturated heterocycles. The van der Waals surface area contributed by atoms with Crippen molar-refractivity contribution in [3.63, 3.8) is 0 Å². The number of fused-ring (bicyclic) bond motifs is 1. The minimum atomic E-state index is -0.847. The van der Waals surface area contributed by atoms with Crippen molar-refractivity contribution in [3.8, 4) is 5.69 Å². The maximum absolute atomic E-state index is 14.0. The van der Waals surface area contributed by atoms with E-state index in [-0.39, 0.29) is 23.4 Å². The van der Waals surface area contributed by atoms with Gasteiger partial charge < -0.3 is 0 Å². The Morgan fingerprint density at radius 2 is 1.89 bits per heavy atom. The van der Waals surface area contributed by atoms with Gasteiger partial charge in [-0.2, -0.15) is 4.68 Å². The molecule has 0 radical (unpaired) electrons. The van der Waals surface area contributed by atoms with Crippen LogP contribution in [0.2, 0.25) is 10.0 Å². The number of aromatic nitrogens is 5. The lowest BCUT2D eigenvalue weighted by Crippen LogP contribution is -2.21. The molecule has 2 heterocycles. The van der Waals surface area contributed by atoms with Crippen molar-refractivity contribution in [1.82, 2.24) is 24.5 Å². The molecule has 0 N–H and O–H groups in total. The Morgan fingerprint density at radius 3 is 2.63 bits per heavy atom. The van der Waals surface area contributed by atoms with Crippen LogP contribution in [0.25, 0.3) is 16.9 Å². The molecule has 0 aliphatic rings. The Hall–Kier alpha value is -2.84. The summed E-state index contributed by atoms with van der Waals surface area (Å²) in [6.07, 6.45) is 1.29. The number of benzene rings is 2. The maximum atomic E-state index is 14.0. The lowest BCUT2D eigenvalue weighted by Gasteiger charge is -2.08. The third-order valence-corrected chi connectivity index (χ3v) is 4.51. The van der Waals surface area contributed by atoms with Crippen LogP contribution in [0.3, 0.4) is 0 Å². The molecule has 0 saturated carbocycles. The fourth-order valence-corrected chi connectivity index (χ4v) is 3.07. The highest BCUT2D eigenvalue weighted by Crippen LogP contribution is 2.22. The summed E-state index contributed by atoms with van der Waals surface area (Å²) in [5.41, 5.74) is 0.139. The van der Waals surface area contributed by atoms with E-state index in [4.69, 9.17) is 23.2 Å². The quantitative estimate of drug-likeness (QED) is 0.520. The standard InChI is InChI=1S/C17H9Cl2F2N5O/c18-10-2-1-9(12(19)5-10)7-25-8-22-16-15(17(25)27)23-24-26(16)14-4-3-11(20)6-13(14)21/h1-6,8H,7H2. The summed E-state index contributed by atoms with van der Waals surface area (Å²) >= 11 is 12.0. The lowest BCUT2D eigenvalue weighted by molar-refractivity contribution is 0.573. The van der Waals surface area contributed by atoms with Crippen LogP contribution in [0.5, 0.6) is 0 Å². The average molecular weight is 408 g/mol. The molecule has 0 atom stereocenters. The highest BCUT2D eigenvalue weighted by molar-refractivity contribution is 6.35. The highest BCUT2D eigenvalue weighted by Gasteiger charge is 2.16. The van der Waals surface area contributed by atoms with Gasteiger partial charge in [0.15, 0.2) is 17.0 Å². The smallest absolute Gasteiger partial charge is 0.283 e. The van der Waals surface area contributed by atoms with Gasteiger partial charge in [0.1, 0.15) is 17.8 Å². The Morgan fingerprint density at radius 1 is 1.07 bits per heavy atom. The van der Waals surface area contributed by atoms with E-state index in [2.05, 4.69) is 15.3 Å². The molecule has 0 unspecified atom stereocenters. The van der Waals surface area contributed by atoms with Gasteiger partial charge in [0.05, 0.1) is 6.54 Å². The van der Waals surface area contributed by atoms with Crippen LogP contribution in [-0.4, -0.2) is 24.5 Å². The second-order valence-electron chi connectivity index (χ2n) is 5.68. The van der Waals surface area contributed by atoms with Crippen LogP contribution < -0.4 is 5.56 Å². The highest BCUT2D eigenvalue weighted by atomic mass is 35.5. The molecule has 4 aromatic rings. The van der Waals surface area contributed by atoms with E-state index in [0.29, 0.717) is 21.7 Å². The van der Waals surface area contributed by atoms with Gasteiger partial charge in [-0.1, -0.05) is 34.5 Å². The zero-order chi connectivity index (χ0) is 19.1. The molecular weight excluding hydrogens is 399 g/mol. The first-order valence-corrected chi connectivity index (χ1v) is 8.40. The lowest BCUT2D eigenvalue weighted by atomic mass is 10.2. The van der Waals surface area contributed by atoms with Crippen LogP contribution >= 0.6 is 23.2 Å². The number of rotatable bonds is 3. The predicted molar refractivity (Wildman–Crippen MR) is 96.4 cm³/mol. The topological polar surface area (TPSA) is 65.6 Å². The maximum Gasteiger partial charge on any atom is 0.283 e. The van der Waals surface area contributed by atoms with Crippen molar-refractivity contribution in [2.75, 3.05) is 0 Å². The van der Waals surface area contributed by atoms with Gasteiger partial charge in [0.25, 0.3) is 5.56 Å². The molecule has 2 aromatic carbocycles. The van der Waals surface area contributed by atoms with Crippen LogP contribution in [0.4, 0.5) is 8.78 Å². The van der Waals surface area contributed by atoms with Gasteiger partial charge in [-0.3, -0.25) is 9.36 Å². The van der Waals surface area contributed by atoms with Gasteiger partial charge in [0, 0.05) is 16.1 Å². The zero-order valence-corrected chi connectivity index (χ0v) is 14.9. The summed E-state index contributed by atoms with van der Waals surface area (Å²) in [6, 6.07) is 7.92. The van der Waals surface area contributed by atoms with Gasteiger partial charge in [-0.05, 0) is 29.8 Å². The third-order valence-electron chi connectivity index (χ3n) is 3.92. The third kappa shape index (κ3) is 3.17. The molecule has 27 heavy (non-hydrogen) atoms. The van der Waals surface area contributed by atoms with Crippen LogP contribution in [0.15, 0.2) is 47.5 Å². The van der Waals surface area contributed by atoms with E-state index in [0.717, 1.165) is 10.7 Å². The van der Waals surface area contributed by atoms with Crippen molar-refractivity contribution < 1.29 is 8.78 Å². The molecule has 4 rings (SSSR count). The van der Waals surface area contributed by atoms with E-state index in [1.165, 1.54) is 17.0 Å². The van der Waals surface area contributed by atoms with E-state index in [1.54, 1.807) is 18.2 Å². The largest absolute Gasteiger partial charge is 0.293 e. The van der Waals surface area contributed by atoms with Crippen LogP contribution in [0.1, 0.15) is 5.56 Å². The Bertz CT molecular complexity index is 1240. The summed E-state index contributed by atoms with van der Waals surface area (Å²) in [5.74, 6) is -1.57. The minimum Gasteiger partial charge on any atom is -0.293 e. The fourth-order valence-electron chi connectivity index (χ4n) is 2.61. The predicted octanol–water partition coefficient (Wildman–Crippen LogP) is 3.61. The molecule has 0 aliphatic heterocycles. The van der Waals surface area contributed by atoms with Crippen LogP contribution in [0, 0.1) is 11.6 Å². The summed E-state index contributed by atoms with van der Waals surface area (Å²) in [7, 11) is 0. The second-order valence-corrected chi connectivity index (χ2v) is 6.53. The van der Waals surface area contributed by atoms with Crippen molar-refractivity contribution in [1.29, 1.82) is 0 Å². The number of halogens is 4. The van der Waals surface area contributed by atoms with Crippen molar-refractivity contribution in [2.45, 2.75) is 6.54 Å². The summed E-state index contributed by atoms with van der Waals surface area (Å²) in [6.45, 7) is 0.148. The van der Waals surface area contributed by atoms with Gasteiger partial charge in [-0.25, -0.2) is 13.8 Å². The van der Waals surface area contributed by atoms with E-state index in [9.17, 15) is 13.6 Å². The Labute approximate surface area is 160 Å². The van der Waals surface area contributed by atoms with Crippen molar-refractivity contribution >= 4 is 34.4 Å². The summed E-state index contributed by atoms with van der Waals surface area (Å²) in [4.78, 5) is 16.8. The zero-order valence-electron chi connectivity index (χ0n) is 13.4. The van der Waals surface area contributed by atoms with E-state index >= 15 is 0 Å². The molecule has 10 heteroatoms. The molecule has 6 nitrogen and oxygen atoms in total. The van der Waals surface area contributed by atoms with Gasteiger partial charge in [-0.15, -0.1) is 5.10 Å². The number of hydrogen-bond acceptors (Lipinski definition) is 4. The Kier molecular flexibility index (Phi) is 4.37. The first kappa shape index (κ1) is 17.6. The van der Waals surface area contributed by atoms with E-state index < -0.39 is 17.2 Å². The molecule has 136 valence electrons. The molecule has 0 aliphatic carbocycles. The van der Waals surface area contributed by atoms with Crippen LogP contribution in [-0.2, 0) is 6.54 Å². The number of hydrogen-bond donors (Lipinski definition) is 0. The molecule has 0 fully saturated rings. The molecule has 0 amide bonds. The fraction of sp³-hybridized carbons (Fsp3) is 0.0588. The minimum absolute atomic E-state index is 0.0497. The van der Waals surface area contributed by atoms with Crippen molar-refractivity contribution in [2.24, 2.45) is 0 Å². The van der Waals surface area contributed by atoms with Gasteiger partial charge >= 0.3 is 0 Å². The summed E-state index contributed by atoms with van der Waals surface area (Å²) in [5, 5.41) is 8.47. The second kappa shape index (κ2) is 6.71. The molecular formula is C17H9Cl2F2N5O. The normalized spacial score (nSPS) is 11.3. The van der Waals surface area contributed by atoms with Gasteiger partial charge in [0.2, 0.25) is 0 Å². The van der Waals surface area contributed by atoms with Crippen molar-refractivity contribution in [3.05, 3.63) is 80.3 Å².